The lowest BCUT2D eigenvalue weighted by Gasteiger charge is -2.22. The highest BCUT2D eigenvalue weighted by Gasteiger charge is 2.16. The van der Waals surface area contributed by atoms with E-state index in [0.29, 0.717) is 0 Å². The van der Waals surface area contributed by atoms with Crippen LogP contribution in [0.1, 0.15) is 46.3 Å². The first-order chi connectivity index (χ1) is 9.56. The van der Waals surface area contributed by atoms with Gasteiger partial charge in [-0.15, -0.1) is 0 Å². The van der Waals surface area contributed by atoms with Crippen LogP contribution in [0, 0.1) is 20.8 Å². The minimum absolute atomic E-state index is 0.265. The van der Waals surface area contributed by atoms with Crippen molar-refractivity contribution in [3.8, 4) is 0 Å². The zero-order valence-corrected chi connectivity index (χ0v) is 13.2. The third-order valence-corrected chi connectivity index (χ3v) is 4.04. The van der Waals surface area contributed by atoms with Crippen molar-refractivity contribution in [1.82, 2.24) is 5.32 Å². The highest BCUT2D eigenvalue weighted by molar-refractivity contribution is 5.44. The Hall–Kier alpha value is -1.60. The van der Waals surface area contributed by atoms with Gasteiger partial charge in [0.05, 0.1) is 6.04 Å². The van der Waals surface area contributed by atoms with Gasteiger partial charge >= 0.3 is 0 Å². The Labute approximate surface area is 123 Å². The van der Waals surface area contributed by atoms with E-state index in [1.807, 2.05) is 7.05 Å². The number of aryl methyl sites for hydroxylation is 4. The number of hydrogen-bond acceptors (Lipinski definition) is 1. The third-order valence-electron chi connectivity index (χ3n) is 4.04. The topological polar surface area (TPSA) is 12.0 Å². The van der Waals surface area contributed by atoms with E-state index in [4.69, 9.17) is 0 Å². The summed E-state index contributed by atoms with van der Waals surface area (Å²) in [5, 5.41) is 3.47. The molecule has 1 heteroatoms. The fraction of sp³-hybridized carbons (Fsp3) is 0.368. The Kier molecular flexibility index (Phi) is 4.61. The van der Waals surface area contributed by atoms with Crippen molar-refractivity contribution in [1.29, 1.82) is 0 Å². The summed E-state index contributed by atoms with van der Waals surface area (Å²) in [7, 11) is 2.04. The molecule has 0 fully saturated rings. The van der Waals surface area contributed by atoms with Crippen LogP contribution in [0.15, 0.2) is 36.4 Å². The Morgan fingerprint density at radius 2 is 1.50 bits per heavy atom. The normalized spacial score (nSPS) is 12.4. The SMILES string of the molecule is CCc1ccc(C(NC)c2c(C)cc(C)cc2C)cc1. The summed E-state index contributed by atoms with van der Waals surface area (Å²) >= 11 is 0. The lowest BCUT2D eigenvalue weighted by Crippen LogP contribution is -2.20. The van der Waals surface area contributed by atoms with E-state index in [1.165, 1.54) is 33.4 Å². The van der Waals surface area contributed by atoms with Gasteiger partial charge in [0.2, 0.25) is 0 Å². The molecule has 1 nitrogen and oxygen atoms in total. The van der Waals surface area contributed by atoms with Gasteiger partial charge in [-0.25, -0.2) is 0 Å². The van der Waals surface area contributed by atoms with Crippen LogP contribution in [0.25, 0.3) is 0 Å². The van der Waals surface area contributed by atoms with Crippen LogP contribution in [-0.2, 0) is 6.42 Å². The molecular formula is C19H25N. The van der Waals surface area contributed by atoms with Gasteiger partial charge in [0.25, 0.3) is 0 Å². The maximum Gasteiger partial charge on any atom is 0.0579 e. The van der Waals surface area contributed by atoms with Crippen LogP contribution in [0.2, 0.25) is 0 Å². The van der Waals surface area contributed by atoms with Gasteiger partial charge < -0.3 is 5.32 Å². The van der Waals surface area contributed by atoms with Gasteiger partial charge in [-0.1, -0.05) is 48.9 Å². The van der Waals surface area contributed by atoms with E-state index in [9.17, 15) is 0 Å². The fourth-order valence-corrected chi connectivity index (χ4v) is 3.07. The average Bonchev–Trinajstić information content (AvgIpc) is 2.43. The summed E-state index contributed by atoms with van der Waals surface area (Å²) < 4.78 is 0. The van der Waals surface area contributed by atoms with E-state index in [1.54, 1.807) is 0 Å². The Bertz CT molecular complexity index is 558. The van der Waals surface area contributed by atoms with Crippen molar-refractivity contribution in [2.24, 2.45) is 0 Å². The number of hydrogen-bond donors (Lipinski definition) is 1. The van der Waals surface area contributed by atoms with Gasteiger partial charge in [-0.2, -0.15) is 0 Å². The van der Waals surface area contributed by atoms with Crippen molar-refractivity contribution in [2.75, 3.05) is 7.05 Å². The van der Waals surface area contributed by atoms with Crippen LogP contribution in [0.5, 0.6) is 0 Å². The Balaban J connectivity index is 2.46. The van der Waals surface area contributed by atoms with Crippen LogP contribution in [0.3, 0.4) is 0 Å². The van der Waals surface area contributed by atoms with Gasteiger partial charge in [0.15, 0.2) is 0 Å². The van der Waals surface area contributed by atoms with Crippen LogP contribution in [0.4, 0.5) is 0 Å². The summed E-state index contributed by atoms with van der Waals surface area (Å²) in [6, 6.07) is 13.8. The molecule has 2 aromatic rings. The molecule has 2 rings (SSSR count). The standard InChI is InChI=1S/C19H25N/c1-6-16-7-9-17(10-8-16)19(20-5)18-14(3)11-13(2)12-15(18)4/h7-12,19-20H,6H2,1-5H3. The van der Waals surface area contributed by atoms with E-state index in [2.05, 4.69) is 69.4 Å². The minimum Gasteiger partial charge on any atom is -0.309 e. The van der Waals surface area contributed by atoms with Crippen molar-refractivity contribution in [3.63, 3.8) is 0 Å². The maximum atomic E-state index is 3.47. The number of benzene rings is 2. The van der Waals surface area contributed by atoms with Gasteiger partial charge in [-0.3, -0.25) is 0 Å². The van der Waals surface area contributed by atoms with Gasteiger partial charge in [0, 0.05) is 0 Å². The predicted molar refractivity (Wildman–Crippen MR) is 87.4 cm³/mol. The summed E-state index contributed by atoms with van der Waals surface area (Å²) in [6.07, 6.45) is 1.09. The van der Waals surface area contributed by atoms with Crippen molar-refractivity contribution in [2.45, 2.75) is 40.2 Å². The molecule has 0 aliphatic heterocycles. The molecule has 0 radical (unpaired) electrons. The summed E-state index contributed by atoms with van der Waals surface area (Å²) in [5.41, 5.74) is 8.19. The first kappa shape index (κ1) is 14.8. The first-order valence-corrected chi connectivity index (χ1v) is 7.40. The first-order valence-electron chi connectivity index (χ1n) is 7.40. The zero-order valence-electron chi connectivity index (χ0n) is 13.2. The minimum atomic E-state index is 0.265. The van der Waals surface area contributed by atoms with E-state index in [-0.39, 0.29) is 6.04 Å². The molecule has 0 amide bonds. The summed E-state index contributed by atoms with van der Waals surface area (Å²) in [6.45, 7) is 8.77. The van der Waals surface area contributed by atoms with E-state index < -0.39 is 0 Å². The lowest BCUT2D eigenvalue weighted by molar-refractivity contribution is 0.682. The van der Waals surface area contributed by atoms with Crippen LogP contribution in [-0.4, -0.2) is 7.05 Å². The fourth-order valence-electron chi connectivity index (χ4n) is 3.07. The third kappa shape index (κ3) is 2.94. The largest absolute Gasteiger partial charge is 0.309 e. The number of nitrogens with one attached hydrogen (secondary N) is 1. The zero-order chi connectivity index (χ0) is 14.7. The van der Waals surface area contributed by atoms with Gasteiger partial charge in [-0.05, 0) is 62.1 Å². The second-order valence-corrected chi connectivity index (χ2v) is 5.63. The molecule has 0 saturated carbocycles. The smallest absolute Gasteiger partial charge is 0.0579 e. The number of rotatable bonds is 4. The molecule has 0 bridgehead atoms. The molecular weight excluding hydrogens is 242 g/mol. The molecule has 20 heavy (non-hydrogen) atoms. The molecule has 0 aliphatic rings. The maximum absolute atomic E-state index is 3.47. The summed E-state index contributed by atoms with van der Waals surface area (Å²) in [5.74, 6) is 0. The molecule has 0 aliphatic carbocycles. The highest BCUT2D eigenvalue weighted by Crippen LogP contribution is 2.28. The van der Waals surface area contributed by atoms with Crippen LogP contribution < -0.4 is 5.32 Å². The Morgan fingerprint density at radius 1 is 0.950 bits per heavy atom. The van der Waals surface area contributed by atoms with Crippen molar-refractivity contribution < 1.29 is 0 Å². The van der Waals surface area contributed by atoms with Crippen molar-refractivity contribution in [3.05, 3.63) is 69.8 Å². The van der Waals surface area contributed by atoms with Crippen molar-refractivity contribution >= 4 is 0 Å². The van der Waals surface area contributed by atoms with E-state index in [0.717, 1.165) is 6.42 Å². The molecule has 1 unspecified atom stereocenters. The molecule has 0 heterocycles. The molecule has 2 aromatic carbocycles. The lowest BCUT2D eigenvalue weighted by atomic mass is 9.89. The molecule has 0 spiro atoms. The monoisotopic (exact) mass is 267 g/mol. The highest BCUT2D eigenvalue weighted by atomic mass is 14.9. The second kappa shape index (κ2) is 6.23. The van der Waals surface area contributed by atoms with Gasteiger partial charge in [0.1, 0.15) is 0 Å². The summed E-state index contributed by atoms with van der Waals surface area (Å²) in [4.78, 5) is 0. The van der Waals surface area contributed by atoms with E-state index >= 15 is 0 Å². The second-order valence-electron chi connectivity index (χ2n) is 5.63. The van der Waals surface area contributed by atoms with Crippen LogP contribution >= 0.6 is 0 Å². The molecule has 0 saturated heterocycles. The molecule has 0 aromatic heterocycles. The predicted octanol–water partition coefficient (Wildman–Crippen LogP) is 4.48. The molecule has 106 valence electrons. The average molecular weight is 267 g/mol. The molecule has 1 atom stereocenters. The quantitative estimate of drug-likeness (QED) is 0.861. The molecule has 1 N–H and O–H groups in total. The Morgan fingerprint density at radius 3 is 1.95 bits per heavy atom.